The van der Waals surface area contributed by atoms with Crippen molar-refractivity contribution in [3.8, 4) is 5.75 Å². The van der Waals surface area contributed by atoms with E-state index in [1.54, 1.807) is 24.3 Å². The molecule has 0 radical (unpaired) electrons. The van der Waals surface area contributed by atoms with Crippen LogP contribution in [-0.2, 0) is 14.3 Å². The zero-order valence-corrected chi connectivity index (χ0v) is 13.9. The predicted molar refractivity (Wildman–Crippen MR) is 89.6 cm³/mol. The summed E-state index contributed by atoms with van der Waals surface area (Å²) < 4.78 is 10.7. The molecule has 2 N–H and O–H groups in total. The van der Waals surface area contributed by atoms with Gasteiger partial charge >= 0.3 is 11.8 Å². The minimum Gasteiger partial charge on any atom is -0.494 e. The van der Waals surface area contributed by atoms with Gasteiger partial charge in [0, 0.05) is 25.4 Å². The van der Waals surface area contributed by atoms with Crippen LogP contribution in [0.4, 0.5) is 5.69 Å². The van der Waals surface area contributed by atoms with E-state index in [1.807, 2.05) is 6.92 Å². The summed E-state index contributed by atoms with van der Waals surface area (Å²) in [5.41, 5.74) is 0.558. The van der Waals surface area contributed by atoms with Gasteiger partial charge in [0.1, 0.15) is 5.75 Å². The highest BCUT2D eigenvalue weighted by molar-refractivity contribution is 6.39. The van der Waals surface area contributed by atoms with Crippen molar-refractivity contribution in [1.29, 1.82) is 0 Å². The molecule has 23 heavy (non-hydrogen) atoms. The molecule has 6 heteroatoms. The van der Waals surface area contributed by atoms with E-state index in [4.69, 9.17) is 9.47 Å². The second-order valence-electron chi connectivity index (χ2n) is 4.99. The lowest BCUT2D eigenvalue weighted by Crippen LogP contribution is -2.36. The maximum absolute atomic E-state index is 11.7. The van der Waals surface area contributed by atoms with Crippen molar-refractivity contribution in [3.05, 3.63) is 24.3 Å². The molecule has 0 aliphatic carbocycles. The quantitative estimate of drug-likeness (QED) is 0.512. The van der Waals surface area contributed by atoms with Gasteiger partial charge in [-0.15, -0.1) is 0 Å². The molecular formula is C17H26N2O4. The Bertz CT molecular complexity index is 474. The highest BCUT2D eigenvalue weighted by atomic mass is 16.5. The molecule has 0 aliphatic heterocycles. The van der Waals surface area contributed by atoms with E-state index in [9.17, 15) is 9.59 Å². The van der Waals surface area contributed by atoms with Crippen LogP contribution in [0.5, 0.6) is 5.75 Å². The number of hydrogen-bond donors (Lipinski definition) is 2. The van der Waals surface area contributed by atoms with Gasteiger partial charge in [-0.05, 0) is 44.0 Å². The molecule has 0 unspecified atom stereocenters. The lowest BCUT2D eigenvalue weighted by Gasteiger charge is -2.08. The largest absolute Gasteiger partial charge is 0.494 e. The normalized spacial score (nSPS) is 10.2. The average molecular weight is 322 g/mol. The van der Waals surface area contributed by atoms with E-state index in [1.165, 1.54) is 0 Å². The van der Waals surface area contributed by atoms with Crippen molar-refractivity contribution >= 4 is 17.5 Å². The number of unbranched alkanes of at least 4 members (excludes halogenated alkanes) is 1. The third kappa shape index (κ3) is 8.21. The van der Waals surface area contributed by atoms with Gasteiger partial charge in [-0.3, -0.25) is 9.59 Å². The zero-order valence-electron chi connectivity index (χ0n) is 13.9. The summed E-state index contributed by atoms with van der Waals surface area (Å²) in [4.78, 5) is 23.4. The number of carbonyl (C=O) groups is 2. The molecule has 1 aromatic carbocycles. The van der Waals surface area contributed by atoms with Crippen molar-refractivity contribution in [2.24, 2.45) is 0 Å². The SMILES string of the molecule is CCCCOc1ccc(NC(=O)C(=O)NCCCOCC)cc1. The van der Waals surface area contributed by atoms with E-state index in [-0.39, 0.29) is 0 Å². The third-order valence-corrected chi connectivity index (χ3v) is 3.04. The fourth-order valence-electron chi connectivity index (χ4n) is 1.76. The molecule has 0 saturated carbocycles. The summed E-state index contributed by atoms with van der Waals surface area (Å²) in [6.07, 6.45) is 2.76. The fraction of sp³-hybridized carbons (Fsp3) is 0.529. The third-order valence-electron chi connectivity index (χ3n) is 3.04. The summed E-state index contributed by atoms with van der Waals surface area (Å²) in [5.74, 6) is -0.581. The highest BCUT2D eigenvalue weighted by Gasteiger charge is 2.12. The van der Waals surface area contributed by atoms with Crippen LogP contribution in [0.2, 0.25) is 0 Å². The number of hydrogen-bond acceptors (Lipinski definition) is 4. The molecule has 128 valence electrons. The maximum atomic E-state index is 11.7. The lowest BCUT2D eigenvalue weighted by atomic mass is 10.3. The number of benzene rings is 1. The Morgan fingerprint density at radius 3 is 2.39 bits per heavy atom. The van der Waals surface area contributed by atoms with E-state index in [0.717, 1.165) is 18.6 Å². The molecule has 1 rings (SSSR count). The molecular weight excluding hydrogens is 296 g/mol. The molecule has 1 aromatic rings. The van der Waals surface area contributed by atoms with Crippen LogP contribution in [0.3, 0.4) is 0 Å². The molecule has 0 fully saturated rings. The average Bonchev–Trinajstić information content (AvgIpc) is 2.56. The number of ether oxygens (including phenoxy) is 2. The van der Waals surface area contributed by atoms with Crippen LogP contribution >= 0.6 is 0 Å². The molecule has 2 amide bonds. The molecule has 0 atom stereocenters. The Morgan fingerprint density at radius 1 is 1.00 bits per heavy atom. The van der Waals surface area contributed by atoms with E-state index >= 15 is 0 Å². The van der Waals surface area contributed by atoms with Crippen LogP contribution < -0.4 is 15.4 Å². The van der Waals surface area contributed by atoms with E-state index in [0.29, 0.717) is 38.5 Å². The standard InChI is InChI=1S/C17H26N2O4/c1-3-5-13-23-15-9-7-14(8-10-15)19-17(21)16(20)18-11-6-12-22-4-2/h7-10H,3-6,11-13H2,1-2H3,(H,18,20)(H,19,21). The van der Waals surface area contributed by atoms with Gasteiger partial charge in [0.2, 0.25) is 0 Å². The predicted octanol–water partition coefficient (Wildman–Crippen LogP) is 2.35. The molecule has 0 spiro atoms. The first-order chi connectivity index (χ1) is 11.2. The molecule has 6 nitrogen and oxygen atoms in total. The second-order valence-corrected chi connectivity index (χ2v) is 4.99. The first-order valence-electron chi connectivity index (χ1n) is 8.07. The van der Waals surface area contributed by atoms with Crippen molar-refractivity contribution in [1.82, 2.24) is 5.32 Å². The highest BCUT2D eigenvalue weighted by Crippen LogP contribution is 2.15. The summed E-state index contributed by atoms with van der Waals surface area (Å²) >= 11 is 0. The summed E-state index contributed by atoms with van der Waals surface area (Å²) in [5, 5.41) is 5.10. The van der Waals surface area contributed by atoms with Gasteiger partial charge < -0.3 is 20.1 Å². The van der Waals surface area contributed by atoms with Crippen LogP contribution in [0, 0.1) is 0 Å². The first kappa shape index (κ1) is 19.0. The number of nitrogens with one attached hydrogen (secondary N) is 2. The number of rotatable bonds is 10. The van der Waals surface area contributed by atoms with Crippen molar-refractivity contribution in [2.75, 3.05) is 31.7 Å². The maximum Gasteiger partial charge on any atom is 0.313 e. The summed E-state index contributed by atoms with van der Waals surface area (Å²) in [6.45, 7) is 6.31. The van der Waals surface area contributed by atoms with Crippen molar-refractivity contribution in [2.45, 2.75) is 33.1 Å². The van der Waals surface area contributed by atoms with Gasteiger partial charge in [-0.2, -0.15) is 0 Å². The fourth-order valence-corrected chi connectivity index (χ4v) is 1.76. The van der Waals surface area contributed by atoms with E-state index in [2.05, 4.69) is 17.6 Å². The Hall–Kier alpha value is -2.08. The minimum absolute atomic E-state index is 0.413. The number of amides is 2. The zero-order chi connectivity index (χ0) is 16.9. The van der Waals surface area contributed by atoms with Crippen LogP contribution in [0.25, 0.3) is 0 Å². The molecule has 0 heterocycles. The Balaban J connectivity index is 2.31. The summed E-state index contributed by atoms with van der Waals surface area (Å²) in [6, 6.07) is 6.96. The van der Waals surface area contributed by atoms with Gasteiger partial charge in [-0.1, -0.05) is 13.3 Å². The van der Waals surface area contributed by atoms with E-state index < -0.39 is 11.8 Å². The smallest absolute Gasteiger partial charge is 0.313 e. The molecule has 0 aliphatic rings. The Labute approximate surface area is 137 Å². The molecule has 0 saturated heterocycles. The summed E-state index contributed by atoms with van der Waals surface area (Å²) in [7, 11) is 0. The number of carbonyl (C=O) groups excluding carboxylic acids is 2. The van der Waals surface area contributed by atoms with Gasteiger partial charge in [0.25, 0.3) is 0 Å². The second kappa shape index (κ2) is 11.5. The van der Waals surface area contributed by atoms with Gasteiger partial charge in [0.05, 0.1) is 6.61 Å². The number of anilines is 1. The van der Waals surface area contributed by atoms with Gasteiger partial charge in [-0.25, -0.2) is 0 Å². The first-order valence-corrected chi connectivity index (χ1v) is 8.07. The lowest BCUT2D eigenvalue weighted by molar-refractivity contribution is -0.136. The van der Waals surface area contributed by atoms with Crippen molar-refractivity contribution in [3.63, 3.8) is 0 Å². The van der Waals surface area contributed by atoms with Crippen LogP contribution in [0.1, 0.15) is 33.1 Å². The Morgan fingerprint density at radius 2 is 1.74 bits per heavy atom. The van der Waals surface area contributed by atoms with Crippen LogP contribution in [0.15, 0.2) is 24.3 Å². The minimum atomic E-state index is -0.680. The molecule has 0 aromatic heterocycles. The molecule has 0 bridgehead atoms. The topological polar surface area (TPSA) is 76.7 Å². The van der Waals surface area contributed by atoms with Gasteiger partial charge in [0.15, 0.2) is 0 Å². The Kier molecular flexibility index (Phi) is 9.47. The van der Waals surface area contributed by atoms with Crippen LogP contribution in [-0.4, -0.2) is 38.2 Å². The monoisotopic (exact) mass is 322 g/mol. The van der Waals surface area contributed by atoms with Crippen molar-refractivity contribution < 1.29 is 19.1 Å².